The van der Waals surface area contributed by atoms with E-state index < -0.39 is 0 Å². The van der Waals surface area contributed by atoms with Crippen molar-refractivity contribution in [2.75, 3.05) is 0 Å². The van der Waals surface area contributed by atoms with Gasteiger partial charge < -0.3 is 9.73 Å². The summed E-state index contributed by atoms with van der Waals surface area (Å²) < 4.78 is 5.35. The molecule has 0 aliphatic heterocycles. The van der Waals surface area contributed by atoms with Crippen LogP contribution in [0.5, 0.6) is 0 Å². The predicted molar refractivity (Wildman–Crippen MR) is 66.6 cm³/mol. The highest BCUT2D eigenvalue weighted by Crippen LogP contribution is 2.35. The molecule has 0 spiro atoms. The van der Waals surface area contributed by atoms with Crippen molar-refractivity contribution in [1.82, 2.24) is 5.32 Å². The van der Waals surface area contributed by atoms with Crippen molar-refractivity contribution >= 4 is 11.6 Å². The topological polar surface area (TPSA) is 25.2 Å². The quantitative estimate of drug-likeness (QED) is 0.866. The molecule has 0 amide bonds. The molecule has 2 nitrogen and oxygen atoms in total. The van der Waals surface area contributed by atoms with E-state index in [4.69, 9.17) is 16.0 Å². The average molecular weight is 242 g/mol. The van der Waals surface area contributed by atoms with E-state index in [2.05, 4.69) is 19.2 Å². The summed E-state index contributed by atoms with van der Waals surface area (Å²) in [4.78, 5) is 0. The average Bonchev–Trinajstić information content (AvgIpc) is 2.62. The van der Waals surface area contributed by atoms with Crippen LogP contribution in [0.3, 0.4) is 0 Å². The molecule has 2 rings (SSSR count). The van der Waals surface area contributed by atoms with Gasteiger partial charge in [0.15, 0.2) is 5.22 Å². The second-order valence-electron chi connectivity index (χ2n) is 5.37. The van der Waals surface area contributed by atoms with Crippen molar-refractivity contribution in [1.29, 1.82) is 0 Å². The van der Waals surface area contributed by atoms with E-state index in [0.717, 1.165) is 12.3 Å². The van der Waals surface area contributed by atoms with Crippen LogP contribution >= 0.6 is 11.6 Å². The number of nitrogens with one attached hydrogen (secondary N) is 1. The Kier molecular flexibility index (Phi) is 3.60. The normalized spacial score (nSPS) is 24.6. The van der Waals surface area contributed by atoms with E-state index in [1.807, 2.05) is 6.07 Å². The van der Waals surface area contributed by atoms with Gasteiger partial charge in [0.1, 0.15) is 5.76 Å². The van der Waals surface area contributed by atoms with E-state index in [-0.39, 0.29) is 0 Å². The summed E-state index contributed by atoms with van der Waals surface area (Å²) in [5.74, 6) is 0.923. The Balaban J connectivity index is 1.89. The monoisotopic (exact) mass is 241 g/mol. The third-order valence-corrected chi connectivity index (χ3v) is 3.86. The lowest BCUT2D eigenvalue weighted by Gasteiger charge is -2.39. The molecule has 1 aromatic heterocycles. The fourth-order valence-corrected chi connectivity index (χ4v) is 2.71. The van der Waals surface area contributed by atoms with Gasteiger partial charge in [-0.25, -0.2) is 0 Å². The molecule has 3 heteroatoms. The maximum atomic E-state index is 5.74. The molecule has 1 fully saturated rings. The number of rotatable bonds is 3. The Labute approximate surface area is 102 Å². The summed E-state index contributed by atoms with van der Waals surface area (Å²) in [6.45, 7) is 5.47. The number of furan rings is 1. The maximum absolute atomic E-state index is 5.74. The first kappa shape index (κ1) is 12.0. The van der Waals surface area contributed by atoms with E-state index in [1.165, 1.54) is 25.7 Å². The first-order valence-corrected chi connectivity index (χ1v) is 6.43. The van der Waals surface area contributed by atoms with Crippen LogP contribution in [-0.4, -0.2) is 6.04 Å². The van der Waals surface area contributed by atoms with Gasteiger partial charge in [-0.05, 0) is 42.0 Å². The molecule has 16 heavy (non-hydrogen) atoms. The second-order valence-corrected chi connectivity index (χ2v) is 5.75. The first-order chi connectivity index (χ1) is 7.58. The number of hydrogen-bond donors (Lipinski definition) is 1. The molecule has 0 bridgehead atoms. The molecule has 1 atom stereocenters. The lowest BCUT2D eigenvalue weighted by atomic mass is 9.73. The first-order valence-electron chi connectivity index (χ1n) is 6.05. The zero-order valence-corrected chi connectivity index (χ0v) is 10.8. The van der Waals surface area contributed by atoms with Crippen LogP contribution in [0.15, 0.2) is 16.5 Å². The van der Waals surface area contributed by atoms with E-state index in [9.17, 15) is 0 Å². The summed E-state index contributed by atoms with van der Waals surface area (Å²) >= 11 is 5.74. The van der Waals surface area contributed by atoms with Gasteiger partial charge in [-0.15, -0.1) is 0 Å². The highest BCUT2D eigenvalue weighted by atomic mass is 35.5. The van der Waals surface area contributed by atoms with Gasteiger partial charge in [-0.2, -0.15) is 0 Å². The third-order valence-electron chi connectivity index (χ3n) is 3.66. The fraction of sp³-hybridized carbons (Fsp3) is 0.692. The predicted octanol–water partition coefficient (Wildman–Crippen LogP) is 3.99. The zero-order valence-electron chi connectivity index (χ0n) is 10.1. The lowest BCUT2D eigenvalue weighted by Crippen LogP contribution is -2.43. The van der Waals surface area contributed by atoms with E-state index in [0.29, 0.717) is 16.7 Å². The van der Waals surface area contributed by atoms with Gasteiger partial charge in [0.05, 0.1) is 6.54 Å². The Morgan fingerprint density at radius 3 is 2.88 bits per heavy atom. The summed E-state index contributed by atoms with van der Waals surface area (Å²) in [6.07, 6.45) is 5.27. The molecule has 90 valence electrons. The second kappa shape index (κ2) is 4.80. The van der Waals surface area contributed by atoms with E-state index in [1.54, 1.807) is 6.07 Å². The third kappa shape index (κ3) is 2.80. The molecule has 1 saturated carbocycles. The van der Waals surface area contributed by atoms with Crippen molar-refractivity contribution in [3.05, 3.63) is 23.1 Å². The Bertz CT molecular complexity index is 345. The molecular weight excluding hydrogens is 222 g/mol. The molecule has 1 N–H and O–H groups in total. The lowest BCUT2D eigenvalue weighted by molar-refractivity contribution is 0.164. The van der Waals surface area contributed by atoms with Crippen LogP contribution in [0.1, 0.15) is 45.3 Å². The van der Waals surface area contributed by atoms with Crippen molar-refractivity contribution < 1.29 is 4.42 Å². The van der Waals surface area contributed by atoms with Crippen LogP contribution in [0.4, 0.5) is 0 Å². The summed E-state index contributed by atoms with van der Waals surface area (Å²) in [7, 11) is 0. The van der Waals surface area contributed by atoms with Crippen molar-refractivity contribution in [2.45, 2.75) is 52.1 Å². The van der Waals surface area contributed by atoms with Gasteiger partial charge >= 0.3 is 0 Å². The molecule has 0 aromatic carbocycles. The van der Waals surface area contributed by atoms with E-state index >= 15 is 0 Å². The summed E-state index contributed by atoms with van der Waals surface area (Å²) in [6, 6.07) is 4.32. The minimum absolute atomic E-state index is 0.397. The van der Waals surface area contributed by atoms with Gasteiger partial charge in [0, 0.05) is 6.04 Å². The largest absolute Gasteiger partial charge is 0.448 e. The van der Waals surface area contributed by atoms with Gasteiger partial charge in [0.2, 0.25) is 0 Å². The molecule has 1 heterocycles. The SMILES string of the molecule is CC1(C)CCCCC1NCc1ccc(Cl)o1. The van der Waals surface area contributed by atoms with Crippen molar-refractivity contribution in [2.24, 2.45) is 5.41 Å². The van der Waals surface area contributed by atoms with Crippen LogP contribution in [0, 0.1) is 5.41 Å². The van der Waals surface area contributed by atoms with Crippen LogP contribution in [0.2, 0.25) is 5.22 Å². The number of halogens is 1. The molecular formula is C13H20ClNO. The summed E-state index contributed by atoms with van der Waals surface area (Å²) in [5, 5.41) is 4.06. The van der Waals surface area contributed by atoms with Gasteiger partial charge in [0.25, 0.3) is 0 Å². The molecule has 1 aliphatic carbocycles. The molecule has 1 aromatic rings. The minimum atomic E-state index is 0.397. The van der Waals surface area contributed by atoms with Crippen molar-refractivity contribution in [3.8, 4) is 0 Å². The van der Waals surface area contributed by atoms with Crippen LogP contribution < -0.4 is 5.32 Å². The Hall–Kier alpha value is -0.470. The smallest absolute Gasteiger partial charge is 0.193 e. The van der Waals surface area contributed by atoms with Gasteiger partial charge in [-0.3, -0.25) is 0 Å². The zero-order chi connectivity index (χ0) is 11.6. The van der Waals surface area contributed by atoms with Crippen molar-refractivity contribution in [3.63, 3.8) is 0 Å². The highest BCUT2D eigenvalue weighted by Gasteiger charge is 2.31. The minimum Gasteiger partial charge on any atom is -0.448 e. The van der Waals surface area contributed by atoms with Crippen LogP contribution in [-0.2, 0) is 6.54 Å². The Morgan fingerprint density at radius 1 is 1.44 bits per heavy atom. The Morgan fingerprint density at radius 2 is 2.25 bits per heavy atom. The molecule has 1 aliphatic rings. The maximum Gasteiger partial charge on any atom is 0.193 e. The fourth-order valence-electron chi connectivity index (χ4n) is 2.54. The standard InChI is InChI=1S/C13H20ClNO/c1-13(2)8-4-3-5-11(13)15-9-10-6-7-12(14)16-10/h6-7,11,15H,3-5,8-9H2,1-2H3. The molecule has 1 unspecified atom stereocenters. The number of hydrogen-bond acceptors (Lipinski definition) is 2. The van der Waals surface area contributed by atoms with Gasteiger partial charge in [-0.1, -0.05) is 26.7 Å². The molecule has 0 radical (unpaired) electrons. The summed E-state index contributed by atoms with van der Waals surface area (Å²) in [5.41, 5.74) is 0.397. The van der Waals surface area contributed by atoms with Crippen LogP contribution in [0.25, 0.3) is 0 Å². The molecule has 0 saturated heterocycles. The highest BCUT2D eigenvalue weighted by molar-refractivity contribution is 6.28.